The number of rotatable bonds is 8. The number of benzene rings is 1. The highest BCUT2D eigenvalue weighted by atomic mass is 79.9. The predicted octanol–water partition coefficient (Wildman–Crippen LogP) is 8.20. The van der Waals surface area contributed by atoms with Gasteiger partial charge >= 0.3 is 0 Å². The van der Waals surface area contributed by atoms with Crippen LogP contribution in [0.15, 0.2) is 24.3 Å². The first-order valence-electron chi connectivity index (χ1n) is 9.58. The van der Waals surface area contributed by atoms with Gasteiger partial charge in [0.1, 0.15) is 0 Å². The molecule has 0 fully saturated rings. The average Bonchev–Trinajstić information content (AvgIpc) is 2.52. The fourth-order valence-electron chi connectivity index (χ4n) is 4.06. The highest BCUT2D eigenvalue weighted by Crippen LogP contribution is 2.60. The molecule has 0 aromatic heterocycles. The zero-order valence-corrected chi connectivity index (χ0v) is 19.0. The molecule has 1 rings (SSSR count). The predicted molar refractivity (Wildman–Crippen MR) is 113 cm³/mol. The lowest BCUT2D eigenvalue weighted by molar-refractivity contribution is -0.0653. The minimum atomic E-state index is 0.215. The summed E-state index contributed by atoms with van der Waals surface area (Å²) in [6.45, 7) is 21.9. The second-order valence-corrected chi connectivity index (χ2v) is 10.0. The first kappa shape index (κ1) is 21.7. The van der Waals surface area contributed by atoms with Gasteiger partial charge in [0.05, 0.1) is 0 Å². The van der Waals surface area contributed by atoms with E-state index in [2.05, 4.69) is 103 Å². The van der Waals surface area contributed by atoms with Gasteiger partial charge in [0, 0.05) is 5.33 Å². The van der Waals surface area contributed by atoms with Crippen LogP contribution < -0.4 is 0 Å². The van der Waals surface area contributed by atoms with E-state index in [0.29, 0.717) is 11.8 Å². The van der Waals surface area contributed by atoms with E-state index in [1.807, 2.05) is 0 Å². The van der Waals surface area contributed by atoms with Crippen LogP contribution in [-0.2, 0) is 5.33 Å². The Morgan fingerprint density at radius 1 is 0.875 bits per heavy atom. The Balaban J connectivity index is 3.34. The standard InChI is InChI=1S/C23H39Br/c1-10-11-20(19-14-12-18(16-24)13-15-19)22(6,7)23(8,9)21(4,5)17(2)3/h12-15,17,20H,10-11,16H2,1-9H3. The van der Waals surface area contributed by atoms with Crippen molar-refractivity contribution in [1.29, 1.82) is 0 Å². The van der Waals surface area contributed by atoms with Crippen LogP contribution >= 0.6 is 15.9 Å². The van der Waals surface area contributed by atoms with Crippen LogP contribution in [-0.4, -0.2) is 0 Å². The smallest absolute Gasteiger partial charge is 0.0283 e. The quantitative estimate of drug-likeness (QED) is 0.389. The monoisotopic (exact) mass is 394 g/mol. The lowest BCUT2D eigenvalue weighted by Gasteiger charge is -2.57. The van der Waals surface area contributed by atoms with Crippen LogP contribution in [0.3, 0.4) is 0 Å². The van der Waals surface area contributed by atoms with Gasteiger partial charge in [-0.3, -0.25) is 0 Å². The van der Waals surface area contributed by atoms with E-state index in [0.717, 1.165) is 5.33 Å². The Hall–Kier alpha value is -0.300. The Kier molecular flexibility index (Phi) is 7.19. The van der Waals surface area contributed by atoms with Crippen molar-refractivity contribution in [3.63, 3.8) is 0 Å². The summed E-state index contributed by atoms with van der Waals surface area (Å²) in [6.07, 6.45) is 2.48. The maximum absolute atomic E-state index is 3.56. The van der Waals surface area contributed by atoms with E-state index >= 15 is 0 Å². The molecule has 0 saturated carbocycles. The third-order valence-corrected chi connectivity index (χ3v) is 8.30. The van der Waals surface area contributed by atoms with Gasteiger partial charge in [-0.25, -0.2) is 0 Å². The third-order valence-electron chi connectivity index (χ3n) is 7.65. The van der Waals surface area contributed by atoms with E-state index in [4.69, 9.17) is 0 Å². The van der Waals surface area contributed by atoms with Crippen molar-refractivity contribution >= 4 is 15.9 Å². The minimum absolute atomic E-state index is 0.215. The fraction of sp³-hybridized carbons (Fsp3) is 0.739. The Bertz CT molecular complexity index is 505. The van der Waals surface area contributed by atoms with E-state index in [1.165, 1.54) is 24.0 Å². The summed E-state index contributed by atoms with van der Waals surface area (Å²) in [5, 5.41) is 0.932. The molecule has 0 aliphatic rings. The summed E-state index contributed by atoms with van der Waals surface area (Å²) in [7, 11) is 0. The molecule has 0 aliphatic carbocycles. The van der Waals surface area contributed by atoms with E-state index in [9.17, 15) is 0 Å². The lowest BCUT2D eigenvalue weighted by Crippen LogP contribution is -2.49. The second kappa shape index (κ2) is 7.94. The molecule has 1 aromatic carbocycles. The van der Waals surface area contributed by atoms with Crippen molar-refractivity contribution < 1.29 is 0 Å². The molecule has 24 heavy (non-hydrogen) atoms. The SMILES string of the molecule is CCCC(c1ccc(CBr)cc1)C(C)(C)C(C)(C)C(C)(C)C(C)C. The van der Waals surface area contributed by atoms with Crippen molar-refractivity contribution in [1.82, 2.24) is 0 Å². The van der Waals surface area contributed by atoms with Crippen LogP contribution in [0.5, 0.6) is 0 Å². The molecule has 1 aromatic rings. The van der Waals surface area contributed by atoms with Crippen molar-refractivity contribution in [2.75, 3.05) is 0 Å². The van der Waals surface area contributed by atoms with Crippen molar-refractivity contribution in [2.24, 2.45) is 22.2 Å². The van der Waals surface area contributed by atoms with Crippen LogP contribution in [0, 0.1) is 22.2 Å². The number of hydrogen-bond acceptors (Lipinski definition) is 0. The fourth-order valence-corrected chi connectivity index (χ4v) is 4.43. The lowest BCUT2D eigenvalue weighted by atomic mass is 9.47. The maximum atomic E-state index is 3.56. The maximum Gasteiger partial charge on any atom is 0.0283 e. The van der Waals surface area contributed by atoms with Crippen molar-refractivity contribution in [2.45, 2.75) is 86.4 Å². The van der Waals surface area contributed by atoms with Gasteiger partial charge in [-0.1, -0.05) is 109 Å². The zero-order chi connectivity index (χ0) is 18.8. The molecule has 1 unspecified atom stereocenters. The molecule has 1 heteroatoms. The normalized spacial score (nSPS) is 15.0. The van der Waals surface area contributed by atoms with Gasteiger partial charge in [-0.15, -0.1) is 0 Å². The largest absolute Gasteiger partial charge is 0.0876 e. The molecule has 0 saturated heterocycles. The second-order valence-electron chi connectivity index (χ2n) is 9.44. The highest BCUT2D eigenvalue weighted by Gasteiger charge is 2.52. The van der Waals surface area contributed by atoms with Gasteiger partial charge < -0.3 is 0 Å². The molecule has 138 valence electrons. The molecule has 0 heterocycles. The number of hydrogen-bond donors (Lipinski definition) is 0. The van der Waals surface area contributed by atoms with Gasteiger partial charge in [-0.05, 0) is 45.6 Å². The molecule has 0 radical (unpaired) electrons. The topological polar surface area (TPSA) is 0 Å². The first-order chi connectivity index (χ1) is 10.9. The molecule has 0 spiro atoms. The molecular formula is C23H39Br. The summed E-state index contributed by atoms with van der Waals surface area (Å²) >= 11 is 3.56. The van der Waals surface area contributed by atoms with Gasteiger partial charge in [-0.2, -0.15) is 0 Å². The molecule has 0 nitrogen and oxygen atoms in total. The van der Waals surface area contributed by atoms with Crippen molar-refractivity contribution in [3.8, 4) is 0 Å². The Labute approximate surface area is 160 Å². The van der Waals surface area contributed by atoms with Crippen LogP contribution in [0.2, 0.25) is 0 Å². The summed E-state index contributed by atoms with van der Waals surface area (Å²) in [4.78, 5) is 0. The summed E-state index contributed by atoms with van der Waals surface area (Å²) in [5.74, 6) is 1.24. The third kappa shape index (κ3) is 3.92. The van der Waals surface area contributed by atoms with Crippen LogP contribution in [0.4, 0.5) is 0 Å². The van der Waals surface area contributed by atoms with E-state index in [1.54, 1.807) is 0 Å². The molecule has 0 bridgehead atoms. The number of halogens is 1. The molecule has 0 aliphatic heterocycles. The van der Waals surface area contributed by atoms with Gasteiger partial charge in [0.2, 0.25) is 0 Å². The molecule has 0 amide bonds. The highest BCUT2D eigenvalue weighted by molar-refractivity contribution is 9.08. The summed E-state index contributed by atoms with van der Waals surface area (Å²) < 4.78 is 0. The summed E-state index contributed by atoms with van der Waals surface area (Å²) in [6, 6.07) is 9.28. The van der Waals surface area contributed by atoms with E-state index in [-0.39, 0.29) is 16.2 Å². The molecule has 1 atom stereocenters. The van der Waals surface area contributed by atoms with Gasteiger partial charge in [0.15, 0.2) is 0 Å². The average molecular weight is 395 g/mol. The van der Waals surface area contributed by atoms with Gasteiger partial charge in [0.25, 0.3) is 0 Å². The van der Waals surface area contributed by atoms with Crippen molar-refractivity contribution in [3.05, 3.63) is 35.4 Å². The molecule has 0 N–H and O–H groups in total. The zero-order valence-electron chi connectivity index (χ0n) is 17.5. The molecular weight excluding hydrogens is 356 g/mol. The Morgan fingerprint density at radius 2 is 1.38 bits per heavy atom. The van der Waals surface area contributed by atoms with Crippen LogP contribution in [0.1, 0.15) is 92.2 Å². The van der Waals surface area contributed by atoms with Crippen LogP contribution in [0.25, 0.3) is 0 Å². The Morgan fingerprint density at radius 3 is 1.75 bits per heavy atom. The summed E-state index contributed by atoms with van der Waals surface area (Å²) in [5.41, 5.74) is 3.57. The van der Waals surface area contributed by atoms with E-state index < -0.39 is 0 Å². The minimum Gasteiger partial charge on any atom is -0.0876 e. The first-order valence-corrected chi connectivity index (χ1v) is 10.7. The number of alkyl halides is 1.